The normalized spacial score (nSPS) is 14.1. The number of carbonyl (C=O) groups is 4. The standard InChI is InChI=1S/C88H172O17P2/c1-8-10-11-12-13-14-15-16-17-18-19-20-21-22-23-28-31-34-42-50-57-64-71-87(92)104-83(75-98-85(90)69-62-55-48-41-33-30-27-25-24-26-29-32-38-45-52-59-66-79(3)4)77-102-106(94,95)100-73-82(89)74-101-107(96,97)103-78-84(76-99-86(91)70-63-56-49-44-37-39-46-53-60-67-80(5)6)105-88(93)72-65-58-51-43-36-35-40-47-54-61-68-81(7)9-2/h79-84,89H,8-78H2,1-7H3,(H,94,95)(H,96,97)/t81?,82-,83-,84-/m1/s1. The van der Waals surface area contributed by atoms with E-state index in [1.165, 1.54) is 276 Å². The summed E-state index contributed by atoms with van der Waals surface area (Å²) in [7, 11) is -9.93. The third-order valence-corrected chi connectivity index (χ3v) is 22.9. The van der Waals surface area contributed by atoms with Crippen LogP contribution >= 0.6 is 15.6 Å². The summed E-state index contributed by atoms with van der Waals surface area (Å²) < 4.78 is 69.0. The summed E-state index contributed by atoms with van der Waals surface area (Å²) in [5.74, 6) is 0.256. The van der Waals surface area contributed by atoms with E-state index >= 15 is 0 Å². The monoisotopic (exact) mass is 1560 g/mol. The minimum atomic E-state index is -4.97. The fourth-order valence-electron chi connectivity index (χ4n) is 13.7. The summed E-state index contributed by atoms with van der Waals surface area (Å²) >= 11 is 0. The molecule has 0 aromatic carbocycles. The number of hydrogen-bond acceptors (Lipinski definition) is 15. The van der Waals surface area contributed by atoms with Crippen LogP contribution in [-0.2, 0) is 65.4 Å². The van der Waals surface area contributed by atoms with Crippen molar-refractivity contribution in [3.63, 3.8) is 0 Å². The number of esters is 4. The van der Waals surface area contributed by atoms with Crippen LogP contribution in [0.2, 0.25) is 0 Å². The molecule has 0 spiro atoms. The van der Waals surface area contributed by atoms with Crippen LogP contribution < -0.4 is 0 Å². The Kier molecular flexibility index (Phi) is 76.6. The van der Waals surface area contributed by atoms with Gasteiger partial charge < -0.3 is 33.8 Å². The van der Waals surface area contributed by atoms with Crippen molar-refractivity contribution >= 4 is 39.5 Å². The molecule has 0 saturated heterocycles. The van der Waals surface area contributed by atoms with E-state index in [0.29, 0.717) is 25.7 Å². The lowest BCUT2D eigenvalue weighted by molar-refractivity contribution is -0.161. The predicted octanol–water partition coefficient (Wildman–Crippen LogP) is 26.9. The van der Waals surface area contributed by atoms with E-state index in [4.69, 9.17) is 37.0 Å². The lowest BCUT2D eigenvalue weighted by Crippen LogP contribution is -2.30. The van der Waals surface area contributed by atoms with Crippen LogP contribution in [0, 0.1) is 17.8 Å². The zero-order valence-corrected chi connectivity index (χ0v) is 72.4. The smallest absolute Gasteiger partial charge is 0.462 e. The summed E-state index contributed by atoms with van der Waals surface area (Å²) in [6.07, 6.45) is 69.5. The van der Waals surface area contributed by atoms with Crippen LogP contribution in [0.4, 0.5) is 0 Å². The number of ether oxygens (including phenoxy) is 4. The molecule has 0 fully saturated rings. The number of phosphoric acid groups is 2. The zero-order valence-electron chi connectivity index (χ0n) is 70.6. The van der Waals surface area contributed by atoms with Gasteiger partial charge in [0.25, 0.3) is 0 Å². The van der Waals surface area contributed by atoms with Crippen molar-refractivity contribution in [2.75, 3.05) is 39.6 Å². The summed E-state index contributed by atoms with van der Waals surface area (Å²) in [4.78, 5) is 73.3. The molecule has 0 saturated carbocycles. The number of unbranched alkanes of at least 4 members (excludes halogenated alkanes) is 53. The Balaban J connectivity index is 5.24. The van der Waals surface area contributed by atoms with Crippen molar-refractivity contribution in [2.24, 2.45) is 17.8 Å². The molecule has 0 aromatic rings. The highest BCUT2D eigenvalue weighted by molar-refractivity contribution is 7.47. The van der Waals surface area contributed by atoms with Gasteiger partial charge in [0.15, 0.2) is 12.2 Å². The van der Waals surface area contributed by atoms with Gasteiger partial charge in [0.05, 0.1) is 26.4 Å². The summed E-state index contributed by atoms with van der Waals surface area (Å²) in [5.41, 5.74) is 0. The molecule has 0 aliphatic heterocycles. The van der Waals surface area contributed by atoms with Gasteiger partial charge in [-0.25, -0.2) is 9.13 Å². The average molecular weight is 1560 g/mol. The van der Waals surface area contributed by atoms with Gasteiger partial charge in [0, 0.05) is 25.7 Å². The highest BCUT2D eigenvalue weighted by Crippen LogP contribution is 2.45. The third-order valence-electron chi connectivity index (χ3n) is 21.0. The Labute approximate surface area is 658 Å². The molecule has 6 atom stereocenters. The van der Waals surface area contributed by atoms with E-state index in [1.54, 1.807) is 0 Å². The molecule has 0 radical (unpaired) electrons. The molecule has 17 nitrogen and oxygen atoms in total. The molecule has 0 aliphatic rings. The maximum Gasteiger partial charge on any atom is 0.472 e. The van der Waals surface area contributed by atoms with E-state index in [2.05, 4.69) is 48.5 Å². The van der Waals surface area contributed by atoms with E-state index in [9.17, 15) is 43.2 Å². The Morgan fingerprint density at radius 1 is 0.271 bits per heavy atom. The largest absolute Gasteiger partial charge is 0.472 e. The van der Waals surface area contributed by atoms with E-state index < -0.39 is 97.5 Å². The maximum atomic E-state index is 13.2. The van der Waals surface area contributed by atoms with Gasteiger partial charge in [-0.15, -0.1) is 0 Å². The molecule has 19 heteroatoms. The molecule has 3 N–H and O–H groups in total. The van der Waals surface area contributed by atoms with E-state index in [0.717, 1.165) is 108 Å². The van der Waals surface area contributed by atoms with E-state index in [-0.39, 0.29) is 25.7 Å². The number of hydrogen-bond donors (Lipinski definition) is 3. The van der Waals surface area contributed by atoms with Gasteiger partial charge in [-0.3, -0.25) is 37.3 Å². The van der Waals surface area contributed by atoms with Crippen LogP contribution in [0.5, 0.6) is 0 Å². The van der Waals surface area contributed by atoms with Gasteiger partial charge in [0.2, 0.25) is 0 Å². The number of phosphoric ester groups is 2. The first-order valence-electron chi connectivity index (χ1n) is 45.4. The molecule has 0 heterocycles. The van der Waals surface area contributed by atoms with Crippen LogP contribution in [-0.4, -0.2) is 96.7 Å². The second-order valence-corrected chi connectivity index (χ2v) is 35.7. The Morgan fingerprint density at radius 3 is 0.710 bits per heavy atom. The maximum absolute atomic E-state index is 13.2. The summed E-state index contributed by atoms with van der Waals surface area (Å²) in [6, 6.07) is 0. The first-order chi connectivity index (χ1) is 51.8. The SMILES string of the molecule is CCCCCCCCCCCCCCCCCCCCCCCCC(=O)O[C@H](COC(=O)CCCCCCCCCCCCCCCCCCC(C)C)COP(=O)(O)OC[C@@H](O)COP(=O)(O)OC[C@@H](COC(=O)CCCCCCCCCCCC(C)C)OC(=O)CCCCCCCCCCCCC(C)CC. The molecule has 0 bridgehead atoms. The minimum absolute atomic E-state index is 0.106. The van der Waals surface area contributed by atoms with Crippen LogP contribution in [0.3, 0.4) is 0 Å². The van der Waals surface area contributed by atoms with Crippen LogP contribution in [0.1, 0.15) is 466 Å². The van der Waals surface area contributed by atoms with Gasteiger partial charge in [-0.1, -0.05) is 414 Å². The first kappa shape index (κ1) is 105. The second-order valence-electron chi connectivity index (χ2n) is 32.8. The Morgan fingerprint density at radius 2 is 0.477 bits per heavy atom. The molecular weight excluding hydrogens is 1390 g/mol. The second kappa shape index (κ2) is 78.0. The molecule has 0 amide bonds. The number of rotatable bonds is 86. The van der Waals surface area contributed by atoms with Gasteiger partial charge in [-0.2, -0.15) is 0 Å². The topological polar surface area (TPSA) is 237 Å². The fourth-order valence-corrected chi connectivity index (χ4v) is 15.3. The first-order valence-corrected chi connectivity index (χ1v) is 48.4. The predicted molar refractivity (Wildman–Crippen MR) is 441 cm³/mol. The van der Waals surface area contributed by atoms with Crippen LogP contribution in [0.25, 0.3) is 0 Å². The minimum Gasteiger partial charge on any atom is -0.462 e. The molecule has 0 aliphatic carbocycles. The highest BCUT2D eigenvalue weighted by atomic mass is 31.2. The number of aliphatic hydroxyl groups is 1. The lowest BCUT2D eigenvalue weighted by atomic mass is 9.99. The van der Waals surface area contributed by atoms with Gasteiger partial charge >= 0.3 is 39.5 Å². The number of aliphatic hydroxyl groups excluding tert-OH is 1. The van der Waals surface area contributed by atoms with Crippen molar-refractivity contribution in [1.29, 1.82) is 0 Å². The van der Waals surface area contributed by atoms with Crippen molar-refractivity contribution in [1.82, 2.24) is 0 Å². The quantitative estimate of drug-likeness (QED) is 0.0222. The molecule has 107 heavy (non-hydrogen) atoms. The van der Waals surface area contributed by atoms with Crippen molar-refractivity contribution in [2.45, 2.75) is 484 Å². The Hall–Kier alpha value is -1.94. The van der Waals surface area contributed by atoms with Crippen LogP contribution in [0.15, 0.2) is 0 Å². The molecule has 0 rings (SSSR count). The number of carbonyl (C=O) groups excluding carboxylic acids is 4. The van der Waals surface area contributed by atoms with Gasteiger partial charge in [-0.05, 0) is 43.4 Å². The summed E-state index contributed by atoms with van der Waals surface area (Å²) in [5, 5.41) is 10.7. The fraction of sp³-hybridized carbons (Fsp3) is 0.955. The zero-order chi connectivity index (χ0) is 78.6. The van der Waals surface area contributed by atoms with Crippen molar-refractivity contribution in [3.05, 3.63) is 0 Å². The molecular formula is C88H172O17P2. The van der Waals surface area contributed by atoms with E-state index in [1.807, 2.05) is 0 Å². The third kappa shape index (κ3) is 80.5. The van der Waals surface area contributed by atoms with Gasteiger partial charge in [0.1, 0.15) is 19.3 Å². The summed E-state index contributed by atoms with van der Waals surface area (Å²) in [6.45, 7) is 12.0. The molecule has 0 aromatic heterocycles. The Bertz CT molecular complexity index is 2060. The highest BCUT2D eigenvalue weighted by Gasteiger charge is 2.31. The lowest BCUT2D eigenvalue weighted by Gasteiger charge is -2.21. The average Bonchev–Trinajstić information content (AvgIpc) is 0.903. The van der Waals surface area contributed by atoms with Crippen molar-refractivity contribution < 1.29 is 80.2 Å². The molecule has 3 unspecified atom stereocenters. The van der Waals surface area contributed by atoms with Crippen molar-refractivity contribution in [3.8, 4) is 0 Å². The molecule has 636 valence electrons.